The van der Waals surface area contributed by atoms with Gasteiger partial charge in [0.25, 0.3) is 0 Å². The Labute approximate surface area is 86.3 Å². The van der Waals surface area contributed by atoms with Crippen LogP contribution in [0.3, 0.4) is 0 Å². The summed E-state index contributed by atoms with van der Waals surface area (Å²) in [5.41, 5.74) is 0. The van der Waals surface area contributed by atoms with Crippen LogP contribution in [-0.4, -0.2) is 0 Å². The summed E-state index contributed by atoms with van der Waals surface area (Å²) >= 11 is 3.01. The second-order valence-corrected chi connectivity index (χ2v) is 15.7. The van der Waals surface area contributed by atoms with Gasteiger partial charge in [0, 0.05) is 0 Å². The quantitative estimate of drug-likeness (QED) is 0.712. The van der Waals surface area contributed by atoms with Gasteiger partial charge < -0.3 is 0 Å². The Morgan fingerprint density at radius 2 is 1.45 bits per heavy atom. The molecule has 0 atom stereocenters. The number of thiophene rings is 2. The normalized spacial score (nSPS) is 9.45. The number of hydrogen-bond donors (Lipinski definition) is 0. The van der Waals surface area contributed by atoms with Crippen LogP contribution < -0.4 is 4.77 Å². The molecule has 0 nitrogen and oxygen atoms in total. The Kier molecular flexibility index (Phi) is 2.77. The summed E-state index contributed by atoms with van der Waals surface area (Å²) in [5.74, 6) is 0. The molecule has 2 aromatic rings. The summed E-state index contributed by atoms with van der Waals surface area (Å²) in [5, 5.41) is 4.37. The van der Waals surface area contributed by atoms with Gasteiger partial charge in [0.05, 0.1) is 0 Å². The molecule has 0 radical (unpaired) electrons. The molecule has 0 saturated heterocycles. The summed E-state index contributed by atoms with van der Waals surface area (Å²) in [4.78, 5) is 0. The maximum atomic E-state index is 2.28. The van der Waals surface area contributed by atoms with Crippen LogP contribution in [0, 0.1) is 0 Å². The van der Waals surface area contributed by atoms with E-state index in [1.165, 1.54) is 0 Å². The molecule has 2 aromatic heterocycles. The van der Waals surface area contributed by atoms with Crippen LogP contribution in [0.1, 0.15) is 0 Å². The van der Waals surface area contributed by atoms with Crippen molar-refractivity contribution in [3.63, 3.8) is 0 Å². The van der Waals surface area contributed by atoms with Crippen LogP contribution in [0.5, 0.6) is 0 Å². The van der Waals surface area contributed by atoms with E-state index >= 15 is 0 Å². The summed E-state index contributed by atoms with van der Waals surface area (Å²) in [6, 6.07) is 8.89. The first-order valence-corrected chi connectivity index (χ1v) is 10.8. The summed E-state index contributed by atoms with van der Waals surface area (Å²) in [7, 11) is 0. The second-order valence-electron chi connectivity index (χ2n) is 2.34. The SMILES string of the molecule is c1cs[c]([Hg][c]2cccs2)c1. The zero-order valence-corrected chi connectivity index (χ0v) is 13.1. The Bertz CT molecular complexity index is 264. The van der Waals surface area contributed by atoms with Crippen molar-refractivity contribution in [2.75, 3.05) is 0 Å². The molecule has 0 bridgehead atoms. The van der Waals surface area contributed by atoms with Crippen LogP contribution in [0.4, 0.5) is 0 Å². The molecule has 2 heterocycles. The van der Waals surface area contributed by atoms with Gasteiger partial charge in [-0.05, 0) is 0 Å². The van der Waals surface area contributed by atoms with E-state index < -0.39 is 24.6 Å². The summed E-state index contributed by atoms with van der Waals surface area (Å²) < 4.78 is 3.35. The summed E-state index contributed by atoms with van der Waals surface area (Å²) in [6.07, 6.45) is 0. The van der Waals surface area contributed by atoms with Crippen LogP contribution >= 0.6 is 22.7 Å². The van der Waals surface area contributed by atoms with Crippen molar-refractivity contribution in [3.8, 4) is 0 Å². The van der Waals surface area contributed by atoms with E-state index in [9.17, 15) is 0 Å². The molecule has 0 aliphatic heterocycles. The molecule has 0 amide bonds. The van der Waals surface area contributed by atoms with Crippen LogP contribution in [-0.2, 0) is 24.6 Å². The van der Waals surface area contributed by atoms with Crippen molar-refractivity contribution in [2.45, 2.75) is 0 Å². The van der Waals surface area contributed by atoms with E-state index in [2.05, 4.69) is 35.0 Å². The van der Waals surface area contributed by atoms with Gasteiger partial charge in [-0.2, -0.15) is 0 Å². The van der Waals surface area contributed by atoms with Gasteiger partial charge in [-0.1, -0.05) is 0 Å². The predicted molar refractivity (Wildman–Crippen MR) is 47.9 cm³/mol. The van der Waals surface area contributed by atoms with Crippen LogP contribution in [0.2, 0.25) is 0 Å². The Hall–Kier alpha value is 0.335. The molecule has 0 fully saturated rings. The first-order valence-electron chi connectivity index (χ1n) is 3.50. The van der Waals surface area contributed by atoms with E-state index in [1.54, 1.807) is 4.77 Å². The van der Waals surface area contributed by atoms with Crippen molar-refractivity contribution in [2.24, 2.45) is 0 Å². The molecule has 52 valence electrons. The monoisotopic (exact) mass is 368 g/mol. The number of hydrogen-bond acceptors (Lipinski definition) is 2. The Morgan fingerprint density at radius 1 is 0.909 bits per heavy atom. The molecule has 0 N–H and O–H groups in total. The minimum atomic E-state index is -0.844. The fourth-order valence-electron chi connectivity index (χ4n) is 0.998. The van der Waals surface area contributed by atoms with Crippen molar-refractivity contribution in [3.05, 3.63) is 35.0 Å². The maximum absolute atomic E-state index is 2.28. The van der Waals surface area contributed by atoms with Crippen molar-refractivity contribution in [1.82, 2.24) is 0 Å². The third kappa shape index (κ3) is 2.14. The molecule has 0 saturated carbocycles. The van der Waals surface area contributed by atoms with Gasteiger partial charge in [0.1, 0.15) is 0 Å². The molecule has 3 heteroatoms. The van der Waals surface area contributed by atoms with Gasteiger partial charge in [-0.25, -0.2) is 0 Å². The van der Waals surface area contributed by atoms with Gasteiger partial charge in [0.2, 0.25) is 0 Å². The van der Waals surface area contributed by atoms with E-state index in [0.29, 0.717) is 0 Å². The standard InChI is InChI=1S/2C4H3S.Hg/c2*1-2-4-5-3-1;/h2*1-3H;. The van der Waals surface area contributed by atoms with Crippen molar-refractivity contribution >= 4 is 27.4 Å². The van der Waals surface area contributed by atoms with Crippen LogP contribution in [0.25, 0.3) is 0 Å². The third-order valence-electron chi connectivity index (χ3n) is 1.51. The molecule has 0 unspecified atom stereocenters. The molecule has 0 aliphatic rings. The first kappa shape index (κ1) is 7.96. The van der Waals surface area contributed by atoms with E-state index in [4.69, 9.17) is 0 Å². The molecule has 11 heavy (non-hydrogen) atoms. The van der Waals surface area contributed by atoms with Gasteiger partial charge >= 0.3 is 87.0 Å². The third-order valence-corrected chi connectivity index (χ3v) is 13.9. The fraction of sp³-hybridized carbons (Fsp3) is 0. The predicted octanol–water partition coefficient (Wildman–Crippen LogP) is 1.84. The number of rotatable bonds is 2. The van der Waals surface area contributed by atoms with E-state index in [-0.39, 0.29) is 0 Å². The Morgan fingerprint density at radius 3 is 1.82 bits per heavy atom. The molecular weight excluding hydrogens is 361 g/mol. The van der Waals surface area contributed by atoms with Gasteiger partial charge in [0.15, 0.2) is 0 Å². The summed E-state index contributed by atoms with van der Waals surface area (Å²) in [6.45, 7) is 0. The zero-order valence-electron chi connectivity index (χ0n) is 5.99. The average Bonchev–Trinajstić information content (AvgIpc) is 2.60. The Balaban J connectivity index is 2.14. The van der Waals surface area contributed by atoms with Gasteiger partial charge in [-0.3, -0.25) is 0 Å². The van der Waals surface area contributed by atoms with Crippen LogP contribution in [0.15, 0.2) is 35.0 Å². The first-order chi connectivity index (χ1) is 5.45. The van der Waals surface area contributed by atoms with E-state index in [0.717, 1.165) is 0 Å². The minimum absolute atomic E-state index is 0.844. The molecule has 0 aliphatic carbocycles. The molecule has 0 spiro atoms. The topological polar surface area (TPSA) is 0 Å². The molecular formula is C8H6HgS2. The fourth-order valence-corrected chi connectivity index (χ4v) is 13.2. The van der Waals surface area contributed by atoms with E-state index in [1.807, 2.05) is 22.7 Å². The van der Waals surface area contributed by atoms with Gasteiger partial charge in [-0.15, -0.1) is 0 Å². The van der Waals surface area contributed by atoms with Crippen molar-refractivity contribution in [1.29, 1.82) is 0 Å². The van der Waals surface area contributed by atoms with Crippen molar-refractivity contribution < 1.29 is 24.6 Å². The molecule has 0 aromatic carbocycles. The average molecular weight is 367 g/mol. The molecule has 2 rings (SSSR count). The second kappa shape index (κ2) is 3.83. The zero-order chi connectivity index (χ0) is 7.52.